The van der Waals surface area contributed by atoms with E-state index >= 15 is 0 Å². The first-order chi connectivity index (χ1) is 4.87. The van der Waals surface area contributed by atoms with Gasteiger partial charge in [-0.15, -0.1) is 0 Å². The van der Waals surface area contributed by atoms with E-state index in [0.29, 0.717) is 18.1 Å². The van der Waals surface area contributed by atoms with Crippen molar-refractivity contribution >= 4 is 0 Å². The zero-order valence-corrected chi connectivity index (χ0v) is 6.06. The highest BCUT2D eigenvalue weighted by Crippen LogP contribution is 2.34. The van der Waals surface area contributed by atoms with Crippen LogP contribution in [0.2, 0.25) is 0 Å². The number of aliphatic hydroxyl groups is 1. The summed E-state index contributed by atoms with van der Waals surface area (Å²) in [4.78, 5) is 0. The molecule has 0 aromatic heterocycles. The third kappa shape index (κ3) is 0.713. The number of hydrogen-bond acceptors (Lipinski definition) is 3. The molecule has 0 radical (unpaired) electrons. The van der Waals surface area contributed by atoms with Crippen LogP contribution in [0.5, 0.6) is 0 Å². The molecule has 0 aromatic rings. The van der Waals surface area contributed by atoms with E-state index in [4.69, 9.17) is 5.11 Å². The molecule has 3 heteroatoms. The highest BCUT2D eigenvalue weighted by atomic mass is 16.3. The van der Waals surface area contributed by atoms with Crippen molar-refractivity contribution in [2.24, 2.45) is 5.41 Å². The van der Waals surface area contributed by atoms with E-state index < -0.39 is 0 Å². The molecule has 2 aliphatic rings. The second kappa shape index (κ2) is 2.19. The molecule has 2 fully saturated rings. The third-order valence-corrected chi connectivity index (χ3v) is 2.89. The van der Waals surface area contributed by atoms with E-state index in [9.17, 15) is 0 Å². The highest BCUT2D eigenvalue weighted by molar-refractivity contribution is 5.04. The lowest BCUT2D eigenvalue weighted by molar-refractivity contribution is 0.100. The lowest BCUT2D eigenvalue weighted by Crippen LogP contribution is -2.60. The summed E-state index contributed by atoms with van der Waals surface area (Å²) in [6, 6.07) is 0.355. The van der Waals surface area contributed by atoms with Crippen molar-refractivity contribution in [1.82, 2.24) is 10.6 Å². The van der Waals surface area contributed by atoms with Crippen molar-refractivity contribution in [2.45, 2.75) is 12.5 Å². The van der Waals surface area contributed by atoms with E-state index in [0.717, 1.165) is 19.6 Å². The van der Waals surface area contributed by atoms with Crippen molar-refractivity contribution in [3.8, 4) is 0 Å². The van der Waals surface area contributed by atoms with Crippen LogP contribution in [0.3, 0.4) is 0 Å². The van der Waals surface area contributed by atoms with Gasteiger partial charge in [0, 0.05) is 24.5 Å². The normalized spacial score (nSPS) is 36.3. The van der Waals surface area contributed by atoms with Crippen molar-refractivity contribution in [3.63, 3.8) is 0 Å². The first-order valence-corrected chi connectivity index (χ1v) is 3.92. The summed E-state index contributed by atoms with van der Waals surface area (Å²) in [6.45, 7) is 3.55. The number of nitrogens with one attached hydrogen (secondary N) is 2. The van der Waals surface area contributed by atoms with Gasteiger partial charge in [0.1, 0.15) is 0 Å². The van der Waals surface area contributed by atoms with Crippen molar-refractivity contribution in [1.29, 1.82) is 0 Å². The molecule has 0 amide bonds. The van der Waals surface area contributed by atoms with Gasteiger partial charge in [-0.1, -0.05) is 0 Å². The Morgan fingerprint density at radius 1 is 1.50 bits per heavy atom. The largest absolute Gasteiger partial charge is 0.395 e. The van der Waals surface area contributed by atoms with Gasteiger partial charge in [0.05, 0.1) is 6.61 Å². The van der Waals surface area contributed by atoms with Crippen LogP contribution >= 0.6 is 0 Å². The van der Waals surface area contributed by atoms with Gasteiger partial charge in [-0.25, -0.2) is 0 Å². The molecular formula is C7H14N2O. The van der Waals surface area contributed by atoms with Crippen LogP contribution in [-0.2, 0) is 0 Å². The van der Waals surface area contributed by atoms with Crippen LogP contribution in [0.15, 0.2) is 0 Å². The van der Waals surface area contributed by atoms with Crippen molar-refractivity contribution in [3.05, 3.63) is 0 Å². The van der Waals surface area contributed by atoms with Crippen LogP contribution in [0.1, 0.15) is 6.42 Å². The Kier molecular flexibility index (Phi) is 1.44. The third-order valence-electron chi connectivity index (χ3n) is 2.89. The fraction of sp³-hybridized carbons (Fsp3) is 1.00. The minimum Gasteiger partial charge on any atom is -0.395 e. The fourth-order valence-corrected chi connectivity index (χ4v) is 2.01. The van der Waals surface area contributed by atoms with Crippen LogP contribution in [0, 0.1) is 5.41 Å². The summed E-state index contributed by atoms with van der Waals surface area (Å²) in [5.41, 5.74) is 0.411. The van der Waals surface area contributed by atoms with E-state index in [1.54, 1.807) is 0 Å². The maximum absolute atomic E-state index is 8.98. The summed E-state index contributed by atoms with van der Waals surface area (Å²) < 4.78 is 0. The molecule has 3 nitrogen and oxygen atoms in total. The topological polar surface area (TPSA) is 44.3 Å². The molecule has 1 spiro atoms. The van der Waals surface area contributed by atoms with E-state index in [-0.39, 0.29) is 0 Å². The van der Waals surface area contributed by atoms with Crippen molar-refractivity contribution in [2.75, 3.05) is 26.2 Å². The van der Waals surface area contributed by atoms with Gasteiger partial charge >= 0.3 is 0 Å². The summed E-state index contributed by atoms with van der Waals surface area (Å²) in [5.74, 6) is 0. The first-order valence-electron chi connectivity index (χ1n) is 3.92. The standard InChI is InChI=1S/C7H14N2O/c10-3-6-7(1-2-9-6)4-8-5-7/h6,8-10H,1-5H2/t6-/m0/s1. The Bertz CT molecular complexity index is 134. The molecule has 2 aliphatic heterocycles. The van der Waals surface area contributed by atoms with Gasteiger partial charge in [0.2, 0.25) is 0 Å². The zero-order valence-electron chi connectivity index (χ0n) is 6.06. The Balaban J connectivity index is 2.05. The van der Waals surface area contributed by atoms with Crippen LogP contribution in [-0.4, -0.2) is 37.4 Å². The Morgan fingerprint density at radius 2 is 2.30 bits per heavy atom. The average Bonchev–Trinajstić information content (AvgIpc) is 2.27. The Labute approximate surface area is 60.8 Å². The van der Waals surface area contributed by atoms with E-state index in [2.05, 4.69) is 10.6 Å². The Morgan fingerprint density at radius 3 is 2.70 bits per heavy atom. The molecule has 2 rings (SSSR count). The maximum atomic E-state index is 8.98. The van der Waals surface area contributed by atoms with Gasteiger partial charge in [-0.3, -0.25) is 0 Å². The van der Waals surface area contributed by atoms with Gasteiger partial charge in [-0.05, 0) is 13.0 Å². The van der Waals surface area contributed by atoms with Crippen LogP contribution in [0.4, 0.5) is 0 Å². The molecule has 0 aromatic carbocycles. The SMILES string of the molecule is OC[C@@H]1NCCC12CNC2. The second-order valence-corrected chi connectivity index (χ2v) is 3.41. The highest BCUT2D eigenvalue weighted by Gasteiger charge is 2.46. The molecule has 0 aliphatic carbocycles. The van der Waals surface area contributed by atoms with Gasteiger partial charge in [0.25, 0.3) is 0 Å². The van der Waals surface area contributed by atoms with Crippen molar-refractivity contribution < 1.29 is 5.11 Å². The molecule has 2 saturated heterocycles. The summed E-state index contributed by atoms with van der Waals surface area (Å²) in [5, 5.41) is 15.5. The Hall–Kier alpha value is -0.120. The monoisotopic (exact) mass is 142 g/mol. The molecule has 0 saturated carbocycles. The minimum atomic E-state index is 0.293. The number of aliphatic hydroxyl groups excluding tert-OH is 1. The van der Waals surface area contributed by atoms with E-state index in [1.807, 2.05) is 0 Å². The fourth-order valence-electron chi connectivity index (χ4n) is 2.01. The molecular weight excluding hydrogens is 128 g/mol. The smallest absolute Gasteiger partial charge is 0.0591 e. The number of rotatable bonds is 1. The summed E-state index contributed by atoms with van der Waals surface area (Å²) in [7, 11) is 0. The minimum absolute atomic E-state index is 0.293. The average molecular weight is 142 g/mol. The predicted octanol–water partition coefficient (Wildman–Crippen LogP) is -1.07. The van der Waals surface area contributed by atoms with Gasteiger partial charge < -0.3 is 15.7 Å². The lowest BCUT2D eigenvalue weighted by atomic mass is 9.75. The van der Waals surface area contributed by atoms with Crippen LogP contribution < -0.4 is 10.6 Å². The molecule has 3 N–H and O–H groups in total. The lowest BCUT2D eigenvalue weighted by Gasteiger charge is -2.43. The van der Waals surface area contributed by atoms with E-state index in [1.165, 1.54) is 6.42 Å². The summed E-state index contributed by atoms with van der Waals surface area (Å²) in [6.07, 6.45) is 1.23. The van der Waals surface area contributed by atoms with Crippen LogP contribution in [0.25, 0.3) is 0 Å². The number of hydrogen-bond donors (Lipinski definition) is 3. The molecule has 10 heavy (non-hydrogen) atoms. The molecule has 1 atom stereocenters. The quantitative estimate of drug-likeness (QED) is 0.437. The van der Waals surface area contributed by atoms with Gasteiger partial charge in [0.15, 0.2) is 0 Å². The molecule has 58 valence electrons. The molecule has 0 bridgehead atoms. The predicted molar refractivity (Wildman–Crippen MR) is 38.8 cm³/mol. The van der Waals surface area contributed by atoms with Gasteiger partial charge in [-0.2, -0.15) is 0 Å². The second-order valence-electron chi connectivity index (χ2n) is 3.41. The zero-order chi connectivity index (χ0) is 7.03. The first kappa shape index (κ1) is 6.58. The molecule has 2 heterocycles. The summed E-state index contributed by atoms with van der Waals surface area (Å²) >= 11 is 0. The maximum Gasteiger partial charge on any atom is 0.0591 e. The molecule has 0 unspecified atom stereocenters.